The van der Waals surface area contributed by atoms with E-state index in [1.165, 1.54) is 6.07 Å². The fourth-order valence-electron chi connectivity index (χ4n) is 3.97. The van der Waals surface area contributed by atoms with E-state index in [1.54, 1.807) is 31.3 Å². The molecule has 1 amide bonds. The van der Waals surface area contributed by atoms with Crippen LogP contribution in [0.3, 0.4) is 0 Å². The second kappa shape index (κ2) is 7.95. The van der Waals surface area contributed by atoms with Crippen molar-refractivity contribution < 1.29 is 13.6 Å². The van der Waals surface area contributed by atoms with Crippen LogP contribution in [0.2, 0.25) is 0 Å². The maximum atomic E-state index is 14.4. The highest BCUT2D eigenvalue weighted by Crippen LogP contribution is 2.36. The molecule has 0 saturated carbocycles. The normalized spacial score (nSPS) is 16.0. The molecule has 4 heterocycles. The second-order valence-corrected chi connectivity index (χ2v) is 7.64. The minimum Gasteiger partial charge on any atom is -0.334 e. The van der Waals surface area contributed by atoms with E-state index >= 15 is 0 Å². The first kappa shape index (κ1) is 20.0. The fourth-order valence-corrected chi connectivity index (χ4v) is 3.97. The van der Waals surface area contributed by atoms with Gasteiger partial charge in [-0.25, -0.2) is 23.7 Å². The van der Waals surface area contributed by atoms with E-state index in [9.17, 15) is 13.6 Å². The van der Waals surface area contributed by atoms with E-state index in [0.29, 0.717) is 29.9 Å². The Labute approximate surface area is 181 Å². The highest BCUT2D eigenvalue weighted by atomic mass is 19.1. The highest BCUT2D eigenvalue weighted by molar-refractivity contribution is 6.06. The summed E-state index contributed by atoms with van der Waals surface area (Å²) < 4.78 is 28.2. The molecule has 0 spiro atoms. The molecule has 1 atom stereocenters. The van der Waals surface area contributed by atoms with Crippen molar-refractivity contribution in [2.45, 2.75) is 25.8 Å². The number of rotatable bonds is 4. The summed E-state index contributed by atoms with van der Waals surface area (Å²) in [5.74, 6) is -0.775. The minimum atomic E-state index is -0.491. The van der Waals surface area contributed by atoms with Gasteiger partial charge < -0.3 is 10.2 Å². The first-order chi connectivity index (χ1) is 15.5. The molecule has 0 aliphatic carbocycles. The average molecular weight is 435 g/mol. The number of nitrogens with zero attached hydrogens (tertiary/aromatic N) is 5. The summed E-state index contributed by atoms with van der Waals surface area (Å²) in [5.41, 5.74) is 2.21. The lowest BCUT2D eigenvalue weighted by atomic mass is 10.0. The quantitative estimate of drug-likeness (QED) is 0.504. The van der Waals surface area contributed by atoms with E-state index < -0.39 is 17.5 Å². The van der Waals surface area contributed by atoms with Crippen LogP contribution in [-0.4, -0.2) is 37.6 Å². The average Bonchev–Trinajstić information content (AvgIpc) is 3.42. The number of fused-ring (bicyclic) bond motifs is 1. The van der Waals surface area contributed by atoms with Crippen LogP contribution in [0.25, 0.3) is 11.0 Å². The third-order valence-corrected chi connectivity index (χ3v) is 5.47. The monoisotopic (exact) mass is 435 g/mol. The number of amides is 1. The predicted molar refractivity (Wildman–Crippen MR) is 114 cm³/mol. The Balaban J connectivity index is 1.47. The summed E-state index contributed by atoms with van der Waals surface area (Å²) >= 11 is 0. The standard InChI is InChI=1S/C22H19F2N7O/c1-12-4-2-5-16(26-12)21(32)28-20-19-17(29-30-20)11-25-22(27-19)31-9-3-6-18(31)14-10-13(23)7-8-15(14)24/h2,4-5,7-8,10-11,18H,3,6,9H2,1H3,(H2,28,29,30,32)/t18-/m1/s1. The summed E-state index contributed by atoms with van der Waals surface area (Å²) in [4.78, 5) is 27.6. The molecular weight excluding hydrogens is 416 g/mol. The molecule has 8 nitrogen and oxygen atoms in total. The Morgan fingerprint density at radius 1 is 1.22 bits per heavy atom. The number of aryl methyl sites for hydroxylation is 1. The molecular formula is C22H19F2N7O. The number of hydrogen-bond donors (Lipinski definition) is 2. The van der Waals surface area contributed by atoms with Gasteiger partial charge in [-0.2, -0.15) is 5.10 Å². The van der Waals surface area contributed by atoms with Crippen LogP contribution in [0.4, 0.5) is 20.5 Å². The largest absolute Gasteiger partial charge is 0.334 e. The van der Waals surface area contributed by atoms with Gasteiger partial charge in [0.05, 0.1) is 12.2 Å². The number of pyridine rings is 1. The van der Waals surface area contributed by atoms with Gasteiger partial charge in [-0.05, 0) is 50.1 Å². The number of halogens is 2. The van der Waals surface area contributed by atoms with Gasteiger partial charge in [0.15, 0.2) is 5.82 Å². The van der Waals surface area contributed by atoms with E-state index in [4.69, 9.17) is 0 Å². The Hall–Kier alpha value is -3.95. The number of anilines is 2. The minimum absolute atomic E-state index is 0.240. The van der Waals surface area contributed by atoms with E-state index in [2.05, 4.69) is 30.5 Å². The van der Waals surface area contributed by atoms with E-state index in [-0.39, 0.29) is 23.1 Å². The number of aromatic amines is 1. The van der Waals surface area contributed by atoms with Gasteiger partial charge in [-0.15, -0.1) is 0 Å². The van der Waals surface area contributed by atoms with Gasteiger partial charge in [0.1, 0.15) is 28.4 Å². The summed E-state index contributed by atoms with van der Waals surface area (Å²) in [6.07, 6.45) is 2.99. The Morgan fingerprint density at radius 3 is 2.94 bits per heavy atom. The summed E-state index contributed by atoms with van der Waals surface area (Å²) in [6, 6.07) is 8.23. The van der Waals surface area contributed by atoms with Crippen molar-refractivity contribution in [3.63, 3.8) is 0 Å². The third kappa shape index (κ3) is 3.64. The number of carbonyl (C=O) groups is 1. The van der Waals surface area contributed by atoms with Crippen LogP contribution in [0, 0.1) is 18.6 Å². The lowest BCUT2D eigenvalue weighted by Gasteiger charge is -2.25. The van der Waals surface area contributed by atoms with Gasteiger partial charge in [-0.3, -0.25) is 9.89 Å². The zero-order valence-electron chi connectivity index (χ0n) is 17.1. The molecule has 1 fully saturated rings. The van der Waals surface area contributed by atoms with Crippen LogP contribution in [0.5, 0.6) is 0 Å². The molecule has 0 radical (unpaired) electrons. The summed E-state index contributed by atoms with van der Waals surface area (Å²) in [7, 11) is 0. The number of hydrogen-bond acceptors (Lipinski definition) is 6. The van der Waals surface area contributed by atoms with Gasteiger partial charge >= 0.3 is 0 Å². The first-order valence-corrected chi connectivity index (χ1v) is 10.2. The number of H-pyrrole nitrogens is 1. The molecule has 0 bridgehead atoms. The smallest absolute Gasteiger partial charge is 0.275 e. The lowest BCUT2D eigenvalue weighted by molar-refractivity contribution is 0.102. The van der Waals surface area contributed by atoms with Gasteiger partial charge in [-0.1, -0.05) is 6.07 Å². The first-order valence-electron chi connectivity index (χ1n) is 10.2. The highest BCUT2D eigenvalue weighted by Gasteiger charge is 2.31. The fraction of sp³-hybridized carbons (Fsp3) is 0.227. The van der Waals surface area contributed by atoms with Crippen LogP contribution < -0.4 is 10.2 Å². The second-order valence-electron chi connectivity index (χ2n) is 7.64. The maximum Gasteiger partial charge on any atom is 0.275 e. The summed E-state index contributed by atoms with van der Waals surface area (Å²) in [5, 5.41) is 9.66. The molecule has 4 aromatic rings. The molecule has 1 aliphatic rings. The van der Waals surface area contributed by atoms with Crippen LogP contribution in [0.15, 0.2) is 42.6 Å². The van der Waals surface area contributed by atoms with Crippen molar-refractivity contribution in [1.82, 2.24) is 25.1 Å². The number of benzene rings is 1. The van der Waals surface area contributed by atoms with Crippen molar-refractivity contribution in [3.8, 4) is 0 Å². The molecule has 1 aliphatic heterocycles. The predicted octanol–water partition coefficient (Wildman–Crippen LogP) is 3.93. The zero-order valence-corrected chi connectivity index (χ0v) is 17.1. The number of nitrogens with one attached hydrogen (secondary N) is 2. The Kier molecular flexibility index (Phi) is 4.96. The van der Waals surface area contributed by atoms with Crippen molar-refractivity contribution in [2.24, 2.45) is 0 Å². The SMILES string of the molecule is Cc1cccc(C(=O)Nc2n[nH]c3cnc(N4CCC[C@@H]4c4cc(F)ccc4F)nc23)n1. The van der Waals surface area contributed by atoms with Gasteiger partial charge in [0.25, 0.3) is 5.91 Å². The van der Waals surface area contributed by atoms with Gasteiger partial charge in [0.2, 0.25) is 5.95 Å². The molecule has 10 heteroatoms. The number of carbonyl (C=O) groups excluding carboxylic acids is 1. The Morgan fingerprint density at radius 2 is 2.09 bits per heavy atom. The molecule has 162 valence electrons. The molecule has 0 unspecified atom stereocenters. The van der Waals surface area contributed by atoms with E-state index in [0.717, 1.165) is 24.2 Å². The van der Waals surface area contributed by atoms with Crippen LogP contribution in [0.1, 0.15) is 40.6 Å². The lowest BCUT2D eigenvalue weighted by Crippen LogP contribution is -2.25. The van der Waals surface area contributed by atoms with E-state index in [1.807, 2.05) is 4.90 Å². The van der Waals surface area contributed by atoms with Crippen molar-refractivity contribution in [3.05, 3.63) is 71.2 Å². The van der Waals surface area contributed by atoms with Gasteiger partial charge in [0, 0.05) is 17.8 Å². The Bertz CT molecular complexity index is 1320. The summed E-state index contributed by atoms with van der Waals surface area (Å²) in [6.45, 7) is 2.40. The number of aromatic nitrogens is 5. The van der Waals surface area contributed by atoms with Crippen molar-refractivity contribution in [2.75, 3.05) is 16.8 Å². The molecule has 1 aromatic carbocycles. The van der Waals surface area contributed by atoms with Crippen molar-refractivity contribution in [1.29, 1.82) is 0 Å². The molecule has 5 rings (SSSR count). The van der Waals surface area contributed by atoms with Crippen LogP contribution >= 0.6 is 0 Å². The van der Waals surface area contributed by atoms with Crippen LogP contribution in [-0.2, 0) is 0 Å². The third-order valence-electron chi connectivity index (χ3n) is 5.47. The molecule has 32 heavy (non-hydrogen) atoms. The zero-order chi connectivity index (χ0) is 22.2. The molecule has 3 aromatic heterocycles. The topological polar surface area (TPSA) is 99.7 Å². The molecule has 1 saturated heterocycles. The van der Waals surface area contributed by atoms with Crippen molar-refractivity contribution >= 4 is 28.7 Å². The maximum absolute atomic E-state index is 14.4. The molecule has 2 N–H and O–H groups in total.